The highest BCUT2D eigenvalue weighted by Crippen LogP contribution is 2.34. The van der Waals surface area contributed by atoms with Crippen LogP contribution in [0.1, 0.15) is 65.8 Å². The molecule has 1 amide bonds. The number of aromatic amines is 1. The van der Waals surface area contributed by atoms with Crippen molar-refractivity contribution in [2.75, 3.05) is 20.8 Å². The van der Waals surface area contributed by atoms with E-state index in [4.69, 9.17) is 4.74 Å². The van der Waals surface area contributed by atoms with Crippen LogP contribution in [-0.4, -0.2) is 46.8 Å². The van der Waals surface area contributed by atoms with E-state index in [2.05, 4.69) is 15.2 Å². The zero-order valence-corrected chi connectivity index (χ0v) is 14.9. The molecule has 6 nitrogen and oxygen atoms in total. The van der Waals surface area contributed by atoms with Gasteiger partial charge in [0.2, 0.25) is 0 Å². The lowest BCUT2D eigenvalue weighted by Crippen LogP contribution is -2.34. The third-order valence-electron chi connectivity index (χ3n) is 5.05. The van der Waals surface area contributed by atoms with Crippen molar-refractivity contribution in [1.82, 2.24) is 20.1 Å². The van der Waals surface area contributed by atoms with Crippen molar-refractivity contribution in [3.63, 3.8) is 0 Å². The Labute approximate surface area is 148 Å². The molecule has 3 rings (SSSR count). The van der Waals surface area contributed by atoms with Crippen LogP contribution in [0.4, 0.5) is 0 Å². The molecule has 0 aromatic carbocycles. The number of aromatic nitrogens is 3. The Balaban J connectivity index is 1.83. The summed E-state index contributed by atoms with van der Waals surface area (Å²) in [5.41, 5.74) is 2.48. The lowest BCUT2D eigenvalue weighted by molar-refractivity contribution is 0.0593. The molecule has 1 N–H and O–H groups in total. The maximum Gasteiger partial charge on any atom is 0.257 e. The molecule has 2 aromatic heterocycles. The van der Waals surface area contributed by atoms with E-state index >= 15 is 0 Å². The van der Waals surface area contributed by atoms with Crippen LogP contribution in [0.25, 0.3) is 0 Å². The minimum absolute atomic E-state index is 0.0398. The first-order valence-corrected chi connectivity index (χ1v) is 8.92. The number of methoxy groups -OCH3 is 1. The standard InChI is InChI=1S/C19H26N4O2/c1-23(17(13-25-2)16-10-6-7-11-20-16)19(24)15-12-21-22-18(15)14-8-4-3-5-9-14/h6-7,10-12,14,17H,3-5,8-9,13H2,1-2H3,(H,21,22)/t17-/m0/s1. The number of amides is 1. The van der Waals surface area contributed by atoms with E-state index in [1.165, 1.54) is 19.3 Å². The van der Waals surface area contributed by atoms with Crippen LogP contribution in [0.15, 0.2) is 30.6 Å². The Kier molecular flexibility index (Phi) is 5.81. The van der Waals surface area contributed by atoms with Crippen LogP contribution in [0, 0.1) is 0 Å². The molecule has 1 saturated carbocycles. The molecule has 0 radical (unpaired) electrons. The van der Waals surface area contributed by atoms with Crippen molar-refractivity contribution in [2.24, 2.45) is 0 Å². The fraction of sp³-hybridized carbons (Fsp3) is 0.526. The van der Waals surface area contributed by atoms with E-state index in [9.17, 15) is 4.79 Å². The normalized spacial score (nSPS) is 16.6. The predicted octanol–water partition coefficient (Wildman–Crippen LogP) is 3.31. The minimum atomic E-state index is -0.229. The first kappa shape index (κ1) is 17.6. The van der Waals surface area contributed by atoms with Gasteiger partial charge >= 0.3 is 0 Å². The lowest BCUT2D eigenvalue weighted by Gasteiger charge is -2.28. The lowest BCUT2D eigenvalue weighted by atomic mass is 9.85. The van der Waals surface area contributed by atoms with Gasteiger partial charge in [-0.25, -0.2) is 0 Å². The summed E-state index contributed by atoms with van der Waals surface area (Å²) in [6.07, 6.45) is 9.35. The average molecular weight is 342 g/mol. The maximum absolute atomic E-state index is 13.1. The molecule has 2 heterocycles. The van der Waals surface area contributed by atoms with Gasteiger partial charge in [0.05, 0.1) is 35.8 Å². The molecule has 1 aliphatic rings. The molecule has 0 unspecified atom stereocenters. The number of ether oxygens (including phenoxy) is 1. The molecule has 0 spiro atoms. The number of nitrogens with zero attached hydrogens (tertiary/aromatic N) is 3. The topological polar surface area (TPSA) is 71.1 Å². The predicted molar refractivity (Wildman–Crippen MR) is 95.4 cm³/mol. The van der Waals surface area contributed by atoms with E-state index in [1.807, 2.05) is 18.2 Å². The number of rotatable bonds is 6. The van der Waals surface area contributed by atoms with Gasteiger partial charge in [-0.2, -0.15) is 5.10 Å². The fourth-order valence-corrected chi connectivity index (χ4v) is 3.63. The zero-order valence-electron chi connectivity index (χ0n) is 14.9. The first-order valence-electron chi connectivity index (χ1n) is 8.92. The summed E-state index contributed by atoms with van der Waals surface area (Å²) in [6, 6.07) is 5.49. The highest BCUT2D eigenvalue weighted by molar-refractivity contribution is 5.95. The SMILES string of the molecule is COC[C@@H](c1ccccn1)N(C)C(=O)c1cn[nH]c1C1CCCCC1. The Morgan fingerprint density at radius 3 is 2.84 bits per heavy atom. The van der Waals surface area contributed by atoms with Gasteiger partial charge in [0.1, 0.15) is 0 Å². The van der Waals surface area contributed by atoms with Gasteiger partial charge in [0.15, 0.2) is 0 Å². The molecule has 0 saturated heterocycles. The third kappa shape index (κ3) is 3.90. The molecule has 1 atom stereocenters. The molecular formula is C19H26N4O2. The average Bonchev–Trinajstić information content (AvgIpc) is 3.16. The number of carbonyl (C=O) groups excluding carboxylic acids is 1. The van der Waals surface area contributed by atoms with Crippen LogP contribution in [0.2, 0.25) is 0 Å². The quantitative estimate of drug-likeness (QED) is 0.874. The van der Waals surface area contributed by atoms with E-state index in [1.54, 1.807) is 31.5 Å². The second kappa shape index (κ2) is 8.25. The van der Waals surface area contributed by atoms with Crippen molar-refractivity contribution in [3.05, 3.63) is 47.5 Å². The Hall–Kier alpha value is -2.21. The molecule has 1 aliphatic carbocycles. The third-order valence-corrected chi connectivity index (χ3v) is 5.05. The molecule has 0 bridgehead atoms. The van der Waals surface area contributed by atoms with E-state index < -0.39 is 0 Å². The van der Waals surface area contributed by atoms with E-state index in [-0.39, 0.29) is 11.9 Å². The van der Waals surface area contributed by atoms with Gasteiger partial charge < -0.3 is 9.64 Å². The number of hydrogen-bond donors (Lipinski definition) is 1. The summed E-state index contributed by atoms with van der Waals surface area (Å²) in [7, 11) is 3.44. The Morgan fingerprint density at radius 2 is 2.16 bits per heavy atom. The number of pyridine rings is 1. The number of hydrogen-bond acceptors (Lipinski definition) is 4. The number of H-pyrrole nitrogens is 1. The Bertz CT molecular complexity index is 680. The van der Waals surface area contributed by atoms with E-state index in [0.717, 1.165) is 24.2 Å². The molecule has 2 aromatic rings. The monoisotopic (exact) mass is 342 g/mol. The number of nitrogens with one attached hydrogen (secondary N) is 1. The summed E-state index contributed by atoms with van der Waals surface area (Å²) in [6.45, 7) is 0.399. The van der Waals surface area contributed by atoms with Gasteiger partial charge in [-0.05, 0) is 25.0 Å². The number of likely N-dealkylation sites (N-methyl/N-ethyl adjacent to an activating group) is 1. The summed E-state index contributed by atoms with van der Waals surface area (Å²) in [4.78, 5) is 19.3. The second-order valence-electron chi connectivity index (χ2n) is 6.67. The summed E-state index contributed by atoms with van der Waals surface area (Å²) >= 11 is 0. The van der Waals surface area contributed by atoms with Gasteiger partial charge in [-0.3, -0.25) is 14.9 Å². The van der Waals surface area contributed by atoms with Crippen LogP contribution in [0.3, 0.4) is 0 Å². The molecule has 1 fully saturated rings. The largest absolute Gasteiger partial charge is 0.382 e. The molecule has 25 heavy (non-hydrogen) atoms. The molecule has 6 heteroatoms. The van der Waals surface area contributed by atoms with Gasteiger partial charge in [-0.1, -0.05) is 25.3 Å². The van der Waals surface area contributed by atoms with Crippen molar-refractivity contribution < 1.29 is 9.53 Å². The molecular weight excluding hydrogens is 316 g/mol. The van der Waals surface area contributed by atoms with Gasteiger partial charge in [0.25, 0.3) is 5.91 Å². The molecule has 134 valence electrons. The van der Waals surface area contributed by atoms with Crippen molar-refractivity contribution in [3.8, 4) is 0 Å². The van der Waals surface area contributed by atoms with Crippen molar-refractivity contribution in [1.29, 1.82) is 0 Å². The maximum atomic E-state index is 13.1. The minimum Gasteiger partial charge on any atom is -0.382 e. The highest BCUT2D eigenvalue weighted by Gasteiger charge is 2.29. The highest BCUT2D eigenvalue weighted by atomic mass is 16.5. The zero-order chi connectivity index (χ0) is 17.6. The second-order valence-corrected chi connectivity index (χ2v) is 6.67. The van der Waals surface area contributed by atoms with Crippen molar-refractivity contribution in [2.45, 2.75) is 44.1 Å². The van der Waals surface area contributed by atoms with Gasteiger partial charge in [0, 0.05) is 26.3 Å². The summed E-state index contributed by atoms with van der Waals surface area (Å²) in [5, 5.41) is 7.24. The fourth-order valence-electron chi connectivity index (χ4n) is 3.63. The molecule has 0 aliphatic heterocycles. The summed E-state index contributed by atoms with van der Waals surface area (Å²) < 4.78 is 5.34. The van der Waals surface area contributed by atoms with Crippen molar-refractivity contribution >= 4 is 5.91 Å². The first-order chi connectivity index (χ1) is 12.2. The Morgan fingerprint density at radius 1 is 1.36 bits per heavy atom. The van der Waals surface area contributed by atoms with Crippen LogP contribution in [-0.2, 0) is 4.74 Å². The van der Waals surface area contributed by atoms with Crippen LogP contribution < -0.4 is 0 Å². The summed E-state index contributed by atoms with van der Waals surface area (Å²) in [5.74, 6) is 0.362. The van der Waals surface area contributed by atoms with Crippen LogP contribution >= 0.6 is 0 Å². The number of carbonyl (C=O) groups is 1. The smallest absolute Gasteiger partial charge is 0.257 e. The van der Waals surface area contributed by atoms with Crippen LogP contribution in [0.5, 0.6) is 0 Å². The van der Waals surface area contributed by atoms with E-state index in [0.29, 0.717) is 18.1 Å². The van der Waals surface area contributed by atoms with Gasteiger partial charge in [-0.15, -0.1) is 0 Å².